The van der Waals surface area contributed by atoms with E-state index in [1.54, 1.807) is 41.5 Å². The Hall–Kier alpha value is -2.72. The Kier molecular flexibility index (Phi) is 10.1. The van der Waals surface area contributed by atoms with Crippen molar-refractivity contribution in [3.05, 3.63) is 0 Å². The van der Waals surface area contributed by atoms with Gasteiger partial charge in [0.15, 0.2) is 0 Å². The largest absolute Gasteiger partial charge is 0.480 e. The van der Waals surface area contributed by atoms with E-state index >= 15 is 0 Å². The van der Waals surface area contributed by atoms with E-state index in [1.807, 2.05) is 10.2 Å². The average molecular weight is 484 g/mol. The molecule has 0 rings (SSSR count). The van der Waals surface area contributed by atoms with Crippen LogP contribution in [0.5, 0.6) is 0 Å². The van der Waals surface area contributed by atoms with E-state index < -0.39 is 70.3 Å². The minimum absolute atomic E-state index is 0.855. The van der Waals surface area contributed by atoms with Gasteiger partial charge in [-0.1, -0.05) is 0 Å². The molecule has 31 heavy (non-hydrogen) atoms. The lowest BCUT2D eigenvalue weighted by atomic mass is 9.86. The standard InChI is InChI=1S/C15H26N4O10P2/c1-13(2,3)28-11(26)18-30-16-7(20)15(9(22)23,10(24)25)8(21)17-31-19-12(27)29-14(4,5)6/h30-31H,1-6H3,(H,16,20)(H,17,21)(H,18,26)(H,19,27)(H,22,23)(H,24,25). The van der Waals surface area contributed by atoms with Crippen LogP contribution in [-0.4, -0.2) is 57.4 Å². The number of hydrogen-bond donors (Lipinski definition) is 6. The van der Waals surface area contributed by atoms with Gasteiger partial charge in [-0.05, 0) is 41.5 Å². The summed E-state index contributed by atoms with van der Waals surface area (Å²) >= 11 is 0. The summed E-state index contributed by atoms with van der Waals surface area (Å²) in [5.41, 5.74) is -5.29. The molecule has 0 heterocycles. The minimum Gasteiger partial charge on any atom is -0.480 e. The smallest absolute Gasteiger partial charge is 0.412 e. The van der Waals surface area contributed by atoms with Gasteiger partial charge in [-0.3, -0.25) is 19.8 Å². The first-order chi connectivity index (χ1) is 13.9. The van der Waals surface area contributed by atoms with E-state index in [-0.39, 0.29) is 0 Å². The molecule has 0 bridgehead atoms. The van der Waals surface area contributed by atoms with Gasteiger partial charge in [0, 0.05) is 0 Å². The highest BCUT2D eigenvalue weighted by molar-refractivity contribution is 7.35. The first-order valence-electron chi connectivity index (χ1n) is 8.49. The summed E-state index contributed by atoms with van der Waals surface area (Å²) in [5, 5.41) is 26.6. The van der Waals surface area contributed by atoms with Gasteiger partial charge in [-0.15, -0.1) is 0 Å². The molecule has 0 aromatic heterocycles. The van der Waals surface area contributed by atoms with Crippen LogP contribution in [0.4, 0.5) is 9.59 Å². The highest BCUT2D eigenvalue weighted by atomic mass is 31.1. The van der Waals surface area contributed by atoms with Gasteiger partial charge in [0.1, 0.15) is 11.2 Å². The molecular weight excluding hydrogens is 458 g/mol. The van der Waals surface area contributed by atoms with Gasteiger partial charge in [0.25, 0.3) is 11.8 Å². The number of carboxylic acids is 2. The van der Waals surface area contributed by atoms with Crippen LogP contribution in [0, 0.1) is 5.41 Å². The second-order valence-electron chi connectivity index (χ2n) is 7.77. The fourth-order valence-electron chi connectivity index (χ4n) is 1.66. The van der Waals surface area contributed by atoms with Crippen molar-refractivity contribution >= 4 is 53.7 Å². The van der Waals surface area contributed by atoms with Crippen molar-refractivity contribution in [3.8, 4) is 0 Å². The molecule has 0 radical (unpaired) electrons. The number of nitrogens with one attached hydrogen (secondary N) is 4. The Labute approximate surface area is 181 Å². The molecule has 14 nitrogen and oxygen atoms in total. The maximum absolute atomic E-state index is 12.3. The van der Waals surface area contributed by atoms with Gasteiger partial charge < -0.3 is 29.9 Å². The SMILES string of the molecule is CC(C)(C)OC(=O)NPNC(=O)C(C(=O)O)(C(=O)O)C(=O)NPNC(=O)OC(C)(C)C. The third-order valence-electron chi connectivity index (χ3n) is 2.80. The van der Waals surface area contributed by atoms with Crippen LogP contribution in [-0.2, 0) is 28.7 Å². The van der Waals surface area contributed by atoms with E-state index in [4.69, 9.17) is 9.47 Å². The van der Waals surface area contributed by atoms with Crippen molar-refractivity contribution < 1.29 is 48.5 Å². The summed E-state index contributed by atoms with van der Waals surface area (Å²) in [5.74, 6) is -8.00. The molecule has 0 aliphatic rings. The van der Waals surface area contributed by atoms with Crippen molar-refractivity contribution in [1.29, 1.82) is 0 Å². The highest BCUT2D eigenvalue weighted by Crippen LogP contribution is 2.23. The molecule has 0 aromatic rings. The molecule has 0 saturated heterocycles. The lowest BCUT2D eigenvalue weighted by Crippen LogP contribution is -2.59. The second-order valence-corrected chi connectivity index (χ2v) is 9.27. The minimum atomic E-state index is -3.58. The number of amides is 4. The van der Waals surface area contributed by atoms with E-state index in [9.17, 15) is 39.0 Å². The number of carbonyl (C=O) groups is 6. The maximum atomic E-state index is 12.3. The number of aliphatic carboxylic acids is 2. The zero-order chi connectivity index (χ0) is 24.6. The predicted octanol–water partition coefficient (Wildman–Crippen LogP) is 0.441. The van der Waals surface area contributed by atoms with Crippen molar-refractivity contribution in [3.63, 3.8) is 0 Å². The summed E-state index contributed by atoms with van der Waals surface area (Å²) in [6, 6.07) is 0. The Bertz CT molecular complexity index is 683. The Morgan fingerprint density at radius 3 is 1.13 bits per heavy atom. The number of carboxylic acid groups (broad SMARTS) is 2. The van der Waals surface area contributed by atoms with Crippen LogP contribution in [0.25, 0.3) is 0 Å². The summed E-state index contributed by atoms with van der Waals surface area (Å²) in [4.78, 5) is 70.9. The van der Waals surface area contributed by atoms with E-state index in [0.717, 1.165) is 0 Å². The molecule has 0 saturated carbocycles. The normalized spacial score (nSPS) is 12.3. The zero-order valence-corrected chi connectivity index (χ0v) is 19.7. The van der Waals surface area contributed by atoms with Crippen LogP contribution in [0.3, 0.4) is 0 Å². The Morgan fingerprint density at radius 1 is 0.613 bits per heavy atom. The summed E-state index contributed by atoms with van der Waals surface area (Å²) in [6.45, 7) is 9.44. The molecule has 0 spiro atoms. The Balaban J connectivity index is 5.18. The van der Waals surface area contributed by atoms with Crippen molar-refractivity contribution in [2.45, 2.75) is 52.7 Å². The fraction of sp³-hybridized carbons (Fsp3) is 0.600. The molecule has 6 N–H and O–H groups in total. The third-order valence-corrected chi connectivity index (χ3v) is 4.16. The van der Waals surface area contributed by atoms with Crippen LogP contribution >= 0.6 is 17.8 Å². The molecular formula is C15H26N4O10P2. The number of ether oxygens (including phenoxy) is 2. The monoisotopic (exact) mass is 484 g/mol. The first-order valence-corrected chi connectivity index (χ1v) is 10.5. The van der Waals surface area contributed by atoms with Crippen LogP contribution in [0.1, 0.15) is 41.5 Å². The molecule has 4 amide bonds. The van der Waals surface area contributed by atoms with Gasteiger partial charge in [-0.25, -0.2) is 19.2 Å². The summed E-state index contributed by atoms with van der Waals surface area (Å²) < 4.78 is 9.80. The van der Waals surface area contributed by atoms with Gasteiger partial charge in [-0.2, -0.15) is 0 Å². The Morgan fingerprint density at radius 2 is 0.903 bits per heavy atom. The molecule has 16 heteroatoms. The van der Waals surface area contributed by atoms with Gasteiger partial charge in [0.05, 0.1) is 17.8 Å². The van der Waals surface area contributed by atoms with E-state index in [2.05, 4.69) is 10.2 Å². The predicted molar refractivity (Wildman–Crippen MR) is 109 cm³/mol. The molecule has 2 atom stereocenters. The van der Waals surface area contributed by atoms with Crippen molar-refractivity contribution in [2.75, 3.05) is 0 Å². The highest BCUT2D eigenvalue weighted by Gasteiger charge is 2.61. The van der Waals surface area contributed by atoms with Crippen LogP contribution < -0.4 is 20.3 Å². The molecule has 0 aliphatic carbocycles. The quantitative estimate of drug-likeness (QED) is 0.207. The van der Waals surface area contributed by atoms with Gasteiger partial charge in [0.2, 0.25) is 0 Å². The summed E-state index contributed by atoms with van der Waals surface area (Å²) in [7, 11) is -1.99. The lowest BCUT2D eigenvalue weighted by Gasteiger charge is -2.24. The molecule has 2 unspecified atom stereocenters. The maximum Gasteiger partial charge on any atom is 0.412 e. The van der Waals surface area contributed by atoms with E-state index in [0.29, 0.717) is 0 Å². The lowest BCUT2D eigenvalue weighted by molar-refractivity contribution is -0.171. The van der Waals surface area contributed by atoms with Crippen LogP contribution in [0.15, 0.2) is 0 Å². The number of carbonyl (C=O) groups excluding carboxylic acids is 4. The van der Waals surface area contributed by atoms with Crippen LogP contribution in [0.2, 0.25) is 0 Å². The topological polar surface area (TPSA) is 209 Å². The second kappa shape index (κ2) is 11.1. The van der Waals surface area contributed by atoms with Crippen molar-refractivity contribution in [1.82, 2.24) is 20.3 Å². The van der Waals surface area contributed by atoms with Crippen molar-refractivity contribution in [2.24, 2.45) is 5.41 Å². The van der Waals surface area contributed by atoms with Gasteiger partial charge >= 0.3 is 29.5 Å². The third kappa shape index (κ3) is 9.31. The fourth-order valence-corrected chi connectivity index (χ4v) is 2.69. The zero-order valence-electron chi connectivity index (χ0n) is 17.7. The number of hydrogen-bond acceptors (Lipinski definition) is 8. The number of rotatable bonds is 8. The molecule has 0 fully saturated rings. The molecule has 0 aliphatic heterocycles. The summed E-state index contributed by atoms with van der Waals surface area (Å²) in [6.07, 6.45) is -1.93. The first kappa shape index (κ1) is 28.3. The molecule has 0 aromatic carbocycles. The van der Waals surface area contributed by atoms with E-state index in [1.165, 1.54) is 0 Å². The average Bonchev–Trinajstić information content (AvgIpc) is 2.51. The molecule has 176 valence electrons.